The predicted octanol–water partition coefficient (Wildman–Crippen LogP) is 2.22. The van der Waals surface area contributed by atoms with Gasteiger partial charge in [0.1, 0.15) is 5.75 Å². The molecule has 0 aliphatic carbocycles. The number of ether oxygens (including phenoxy) is 1. The van der Waals surface area contributed by atoms with Crippen LogP contribution in [0.25, 0.3) is 0 Å². The van der Waals surface area contributed by atoms with Crippen LogP contribution in [0.5, 0.6) is 5.75 Å². The highest BCUT2D eigenvalue weighted by Crippen LogP contribution is 2.15. The summed E-state index contributed by atoms with van der Waals surface area (Å²) in [6.07, 6.45) is 2.02. The highest BCUT2D eigenvalue weighted by Gasteiger charge is 2.08. The topological polar surface area (TPSA) is 34.1 Å². The Kier molecular flexibility index (Phi) is 4.56. The zero-order valence-corrected chi connectivity index (χ0v) is 9.95. The molecule has 0 aliphatic heterocycles. The van der Waals surface area contributed by atoms with Crippen LogP contribution in [0.15, 0.2) is 18.3 Å². The lowest BCUT2D eigenvalue weighted by Gasteiger charge is -2.18. The Labute approximate surface area is 91.9 Å². The second-order valence-electron chi connectivity index (χ2n) is 4.08. The van der Waals surface area contributed by atoms with Gasteiger partial charge in [0, 0.05) is 18.8 Å². The van der Waals surface area contributed by atoms with Gasteiger partial charge in [0.2, 0.25) is 0 Å². The van der Waals surface area contributed by atoms with E-state index in [0.29, 0.717) is 5.92 Å². The molecule has 1 unspecified atom stereocenters. The number of hydrogen-bond acceptors (Lipinski definition) is 3. The van der Waals surface area contributed by atoms with E-state index in [1.807, 2.05) is 19.2 Å². The number of nitrogens with zero attached hydrogens (tertiary/aromatic N) is 1. The van der Waals surface area contributed by atoms with Gasteiger partial charge in [-0.3, -0.25) is 4.98 Å². The van der Waals surface area contributed by atoms with Crippen molar-refractivity contribution in [3.8, 4) is 5.75 Å². The van der Waals surface area contributed by atoms with E-state index in [-0.39, 0.29) is 6.10 Å². The molecule has 1 aromatic rings. The Balaban J connectivity index is 2.64. The van der Waals surface area contributed by atoms with Crippen LogP contribution in [0, 0.1) is 5.92 Å². The molecule has 15 heavy (non-hydrogen) atoms. The van der Waals surface area contributed by atoms with Gasteiger partial charge in [0.05, 0.1) is 11.8 Å². The highest BCUT2D eigenvalue weighted by atomic mass is 16.5. The van der Waals surface area contributed by atoms with Crippen molar-refractivity contribution in [3.05, 3.63) is 24.0 Å². The van der Waals surface area contributed by atoms with E-state index in [9.17, 15) is 0 Å². The van der Waals surface area contributed by atoms with Crippen LogP contribution in [0.1, 0.15) is 26.5 Å². The lowest BCUT2D eigenvalue weighted by Crippen LogP contribution is -2.18. The van der Waals surface area contributed by atoms with E-state index < -0.39 is 0 Å². The number of hydrogen-bond donors (Lipinski definition) is 1. The molecule has 1 N–H and O–H groups in total. The zero-order valence-electron chi connectivity index (χ0n) is 9.95. The fourth-order valence-electron chi connectivity index (χ4n) is 1.16. The van der Waals surface area contributed by atoms with E-state index in [2.05, 4.69) is 31.1 Å². The summed E-state index contributed by atoms with van der Waals surface area (Å²) in [5.74, 6) is 1.42. The number of pyridine rings is 1. The van der Waals surface area contributed by atoms with Crippen LogP contribution in [0.2, 0.25) is 0 Å². The lowest BCUT2D eigenvalue weighted by molar-refractivity contribution is 0.170. The van der Waals surface area contributed by atoms with Crippen molar-refractivity contribution in [2.24, 2.45) is 5.92 Å². The first-order valence-corrected chi connectivity index (χ1v) is 5.39. The molecule has 3 heteroatoms. The quantitative estimate of drug-likeness (QED) is 0.805. The smallest absolute Gasteiger partial charge is 0.123 e. The molecule has 0 aromatic carbocycles. The molecule has 1 heterocycles. The molecule has 0 fully saturated rings. The first-order chi connectivity index (χ1) is 7.13. The van der Waals surface area contributed by atoms with Gasteiger partial charge in [-0.2, -0.15) is 0 Å². The van der Waals surface area contributed by atoms with E-state index in [1.165, 1.54) is 0 Å². The monoisotopic (exact) mass is 208 g/mol. The van der Waals surface area contributed by atoms with Crippen LogP contribution in [-0.4, -0.2) is 18.1 Å². The molecule has 0 aliphatic rings. The van der Waals surface area contributed by atoms with Gasteiger partial charge in [0.25, 0.3) is 0 Å². The minimum absolute atomic E-state index is 0.231. The summed E-state index contributed by atoms with van der Waals surface area (Å²) in [6, 6.07) is 3.88. The molecule has 1 atom stereocenters. The lowest BCUT2D eigenvalue weighted by atomic mass is 10.1. The van der Waals surface area contributed by atoms with Crippen LogP contribution >= 0.6 is 0 Å². The van der Waals surface area contributed by atoms with Crippen molar-refractivity contribution < 1.29 is 4.74 Å². The fourth-order valence-corrected chi connectivity index (χ4v) is 1.16. The van der Waals surface area contributed by atoms with E-state index in [0.717, 1.165) is 18.0 Å². The van der Waals surface area contributed by atoms with Gasteiger partial charge in [-0.1, -0.05) is 13.8 Å². The van der Waals surface area contributed by atoms with Crippen LogP contribution in [0.4, 0.5) is 0 Å². The molecule has 0 saturated heterocycles. The van der Waals surface area contributed by atoms with Gasteiger partial charge in [-0.25, -0.2) is 0 Å². The van der Waals surface area contributed by atoms with Crippen molar-refractivity contribution in [1.29, 1.82) is 0 Å². The molecular weight excluding hydrogens is 188 g/mol. The Hall–Kier alpha value is -1.09. The maximum absolute atomic E-state index is 5.79. The van der Waals surface area contributed by atoms with Gasteiger partial charge in [0.15, 0.2) is 0 Å². The number of nitrogens with one attached hydrogen (secondary N) is 1. The van der Waals surface area contributed by atoms with Gasteiger partial charge in [-0.05, 0) is 26.0 Å². The summed E-state index contributed by atoms with van der Waals surface area (Å²) in [5.41, 5.74) is 1.01. The van der Waals surface area contributed by atoms with Crippen molar-refractivity contribution in [2.45, 2.75) is 33.4 Å². The molecule has 3 nitrogen and oxygen atoms in total. The Morgan fingerprint density at radius 3 is 2.73 bits per heavy atom. The molecule has 0 spiro atoms. The molecule has 0 saturated carbocycles. The molecular formula is C12H20N2O. The molecule has 1 aromatic heterocycles. The van der Waals surface area contributed by atoms with Crippen molar-refractivity contribution in [2.75, 3.05) is 7.05 Å². The van der Waals surface area contributed by atoms with Gasteiger partial charge < -0.3 is 10.1 Å². The van der Waals surface area contributed by atoms with Gasteiger partial charge in [-0.15, -0.1) is 0 Å². The summed E-state index contributed by atoms with van der Waals surface area (Å²) in [6.45, 7) is 7.16. The molecule has 84 valence electrons. The standard InChI is InChI=1S/C12H20N2O/c1-9(2)10(3)15-12-5-6-14-11(7-12)8-13-4/h5-7,9-10,13H,8H2,1-4H3. The van der Waals surface area contributed by atoms with Gasteiger partial charge >= 0.3 is 0 Å². The predicted molar refractivity (Wildman–Crippen MR) is 61.9 cm³/mol. The van der Waals surface area contributed by atoms with E-state index >= 15 is 0 Å². The zero-order chi connectivity index (χ0) is 11.3. The SMILES string of the molecule is CNCc1cc(OC(C)C(C)C)ccn1. The van der Waals surface area contributed by atoms with Crippen molar-refractivity contribution in [3.63, 3.8) is 0 Å². The average molecular weight is 208 g/mol. The van der Waals surface area contributed by atoms with E-state index in [1.54, 1.807) is 6.20 Å². The van der Waals surface area contributed by atoms with Crippen LogP contribution < -0.4 is 10.1 Å². The molecule has 0 radical (unpaired) electrons. The fraction of sp³-hybridized carbons (Fsp3) is 0.583. The maximum atomic E-state index is 5.79. The van der Waals surface area contributed by atoms with Crippen molar-refractivity contribution in [1.82, 2.24) is 10.3 Å². The summed E-state index contributed by atoms with van der Waals surface area (Å²) in [7, 11) is 1.91. The Bertz CT molecular complexity index is 299. The molecule has 0 amide bonds. The number of aromatic nitrogens is 1. The Morgan fingerprint density at radius 2 is 2.13 bits per heavy atom. The Morgan fingerprint density at radius 1 is 1.40 bits per heavy atom. The summed E-state index contributed by atoms with van der Waals surface area (Å²) in [4.78, 5) is 4.24. The maximum Gasteiger partial charge on any atom is 0.123 e. The third-order valence-corrected chi connectivity index (χ3v) is 2.41. The molecule has 1 rings (SSSR count). The number of rotatable bonds is 5. The van der Waals surface area contributed by atoms with E-state index in [4.69, 9.17) is 4.74 Å². The minimum atomic E-state index is 0.231. The third kappa shape index (κ3) is 3.88. The minimum Gasteiger partial charge on any atom is -0.490 e. The first kappa shape index (κ1) is 12.0. The van der Waals surface area contributed by atoms with Crippen molar-refractivity contribution >= 4 is 0 Å². The first-order valence-electron chi connectivity index (χ1n) is 5.39. The third-order valence-electron chi connectivity index (χ3n) is 2.41. The second kappa shape index (κ2) is 5.71. The second-order valence-corrected chi connectivity index (χ2v) is 4.08. The average Bonchev–Trinajstić information content (AvgIpc) is 2.18. The largest absolute Gasteiger partial charge is 0.490 e. The summed E-state index contributed by atoms with van der Waals surface area (Å²) in [5, 5.41) is 3.07. The van der Waals surface area contributed by atoms with Crippen LogP contribution in [-0.2, 0) is 6.54 Å². The normalized spacial score (nSPS) is 12.9. The molecule has 0 bridgehead atoms. The summed E-state index contributed by atoms with van der Waals surface area (Å²) < 4.78 is 5.79. The summed E-state index contributed by atoms with van der Waals surface area (Å²) >= 11 is 0. The highest BCUT2D eigenvalue weighted by molar-refractivity contribution is 5.22. The van der Waals surface area contributed by atoms with Crippen LogP contribution in [0.3, 0.4) is 0 Å².